The van der Waals surface area contributed by atoms with Gasteiger partial charge in [-0.1, -0.05) is 48.5 Å². The fraction of sp³-hybridized carbons (Fsp3) is 0.227. The van der Waals surface area contributed by atoms with E-state index in [1.165, 1.54) is 6.92 Å². The van der Waals surface area contributed by atoms with E-state index >= 15 is 0 Å². The maximum Gasteiger partial charge on any atom is 0.278 e. The third kappa shape index (κ3) is 5.79. The molecule has 9 heteroatoms. The predicted octanol–water partition coefficient (Wildman–Crippen LogP) is 3.39. The number of carbonyl (C=O) groups is 2. The van der Waals surface area contributed by atoms with Crippen LogP contribution < -0.4 is 16.2 Å². The summed E-state index contributed by atoms with van der Waals surface area (Å²) in [5.41, 5.74) is 3.33. The molecule has 0 atom stereocenters. The second kappa shape index (κ2) is 10.0. The quantitative estimate of drug-likeness (QED) is 0.488. The molecule has 0 bridgehead atoms. The number of nitrogens with one attached hydrogen (secondary N) is 3. The molecule has 0 fully saturated rings. The summed E-state index contributed by atoms with van der Waals surface area (Å²) in [6, 6.07) is 12.9. The van der Waals surface area contributed by atoms with E-state index in [9.17, 15) is 14.4 Å². The lowest BCUT2D eigenvalue weighted by Crippen LogP contribution is -2.18. The lowest BCUT2D eigenvalue weighted by atomic mass is 10.1. The van der Waals surface area contributed by atoms with E-state index in [2.05, 4.69) is 25.8 Å². The molecule has 0 unspecified atom stereocenters. The molecule has 0 spiro atoms. The van der Waals surface area contributed by atoms with Crippen LogP contribution in [0.5, 0.6) is 0 Å². The Morgan fingerprint density at radius 1 is 1.06 bits per heavy atom. The second-order valence-corrected chi connectivity index (χ2v) is 7.85. The Morgan fingerprint density at radius 3 is 2.55 bits per heavy atom. The number of nitrogens with zero attached hydrogens (tertiary/aromatic N) is 2. The summed E-state index contributed by atoms with van der Waals surface area (Å²) in [5.74, 6) is -0.384. The molecule has 0 radical (unpaired) electrons. The van der Waals surface area contributed by atoms with Gasteiger partial charge in [-0.25, -0.2) is 0 Å². The van der Waals surface area contributed by atoms with Gasteiger partial charge in [0.1, 0.15) is 0 Å². The molecular weight excluding hydrogens is 414 g/mol. The van der Waals surface area contributed by atoms with Crippen molar-refractivity contribution in [2.24, 2.45) is 0 Å². The molecule has 0 aliphatic heterocycles. The molecule has 2 aromatic carbocycles. The summed E-state index contributed by atoms with van der Waals surface area (Å²) in [6.45, 7) is 5.29. The number of rotatable bonds is 7. The average molecular weight is 438 g/mol. The Balaban J connectivity index is 1.73. The van der Waals surface area contributed by atoms with Gasteiger partial charge in [0, 0.05) is 18.2 Å². The summed E-state index contributed by atoms with van der Waals surface area (Å²) >= 11 is 1.09. The lowest BCUT2D eigenvalue weighted by Gasteiger charge is -2.10. The highest BCUT2D eigenvalue weighted by molar-refractivity contribution is 7.99. The highest BCUT2D eigenvalue weighted by Crippen LogP contribution is 2.26. The number of benzene rings is 2. The predicted molar refractivity (Wildman–Crippen MR) is 122 cm³/mol. The molecule has 3 rings (SSSR count). The third-order valence-electron chi connectivity index (χ3n) is 4.43. The molecule has 3 aromatic rings. The number of hydrogen-bond acceptors (Lipinski definition) is 6. The van der Waals surface area contributed by atoms with Crippen LogP contribution >= 0.6 is 11.8 Å². The minimum Gasteiger partial charge on any atom is -0.326 e. The third-order valence-corrected chi connectivity index (χ3v) is 5.29. The molecule has 0 aliphatic rings. The molecule has 0 aliphatic carbocycles. The van der Waals surface area contributed by atoms with Crippen molar-refractivity contribution >= 4 is 35.0 Å². The number of para-hydroxylation sites is 1. The van der Waals surface area contributed by atoms with Crippen LogP contribution in [0.3, 0.4) is 0 Å². The number of aromatic nitrogens is 3. The molecule has 8 nitrogen and oxygen atoms in total. The van der Waals surface area contributed by atoms with Crippen molar-refractivity contribution in [3.8, 4) is 11.3 Å². The van der Waals surface area contributed by atoms with Crippen molar-refractivity contribution in [3.05, 3.63) is 63.9 Å². The van der Waals surface area contributed by atoms with Crippen LogP contribution in [0.1, 0.15) is 25.0 Å². The SMILES string of the molecule is CCc1ccccc1NC(=O)CSc1nnc(-c2cc(C)ccc2NC(C)=O)c(=O)[nH]1. The first-order valence-corrected chi connectivity index (χ1v) is 10.7. The first-order chi connectivity index (χ1) is 14.9. The summed E-state index contributed by atoms with van der Waals surface area (Å²) in [6.07, 6.45) is 0.809. The standard InChI is InChI=1S/C22H23N5O3S/c1-4-15-7-5-6-8-17(15)24-19(29)12-31-22-25-21(30)20(26-27-22)16-11-13(2)9-10-18(16)23-14(3)28/h5-11H,4,12H2,1-3H3,(H,23,28)(H,24,29)(H,25,27,30). The molecule has 1 heterocycles. The van der Waals surface area contributed by atoms with E-state index in [1.807, 2.05) is 44.2 Å². The molecule has 31 heavy (non-hydrogen) atoms. The maximum absolute atomic E-state index is 12.6. The minimum absolute atomic E-state index is 0.0730. The number of hydrogen-bond donors (Lipinski definition) is 3. The molecule has 160 valence electrons. The molecular formula is C22H23N5O3S. The van der Waals surface area contributed by atoms with Crippen molar-refractivity contribution in [2.45, 2.75) is 32.3 Å². The van der Waals surface area contributed by atoms with Gasteiger partial charge >= 0.3 is 0 Å². The molecule has 0 saturated heterocycles. The van der Waals surface area contributed by atoms with Crippen LogP contribution in [-0.2, 0) is 16.0 Å². The van der Waals surface area contributed by atoms with E-state index in [0.29, 0.717) is 11.3 Å². The Kier molecular flexibility index (Phi) is 7.19. The fourth-order valence-corrected chi connectivity index (χ4v) is 3.59. The zero-order valence-corrected chi connectivity index (χ0v) is 18.3. The monoisotopic (exact) mass is 437 g/mol. The van der Waals surface area contributed by atoms with Gasteiger partial charge in [-0.05, 0) is 37.1 Å². The van der Waals surface area contributed by atoms with Gasteiger partial charge in [0.25, 0.3) is 5.56 Å². The van der Waals surface area contributed by atoms with Gasteiger partial charge in [0.05, 0.1) is 11.4 Å². The summed E-state index contributed by atoms with van der Waals surface area (Å²) in [5, 5.41) is 13.9. The number of amides is 2. The number of thioether (sulfide) groups is 1. The normalized spacial score (nSPS) is 10.5. The van der Waals surface area contributed by atoms with Gasteiger partial charge in [0.15, 0.2) is 10.9 Å². The Hall–Kier alpha value is -3.46. The van der Waals surface area contributed by atoms with Gasteiger partial charge in [0.2, 0.25) is 11.8 Å². The van der Waals surface area contributed by atoms with E-state index < -0.39 is 5.56 Å². The number of H-pyrrole nitrogens is 1. The van der Waals surface area contributed by atoms with Crippen molar-refractivity contribution in [2.75, 3.05) is 16.4 Å². The second-order valence-electron chi connectivity index (χ2n) is 6.89. The lowest BCUT2D eigenvalue weighted by molar-refractivity contribution is -0.114. The van der Waals surface area contributed by atoms with E-state index in [0.717, 1.165) is 35.0 Å². The molecule has 0 saturated carbocycles. The fourth-order valence-electron chi connectivity index (χ4n) is 2.99. The van der Waals surface area contributed by atoms with Gasteiger partial charge in [-0.3, -0.25) is 19.4 Å². The van der Waals surface area contributed by atoms with Crippen molar-refractivity contribution in [1.29, 1.82) is 0 Å². The Bertz CT molecular complexity index is 1180. The van der Waals surface area contributed by atoms with E-state index in [1.54, 1.807) is 12.1 Å². The Labute approximate surface area is 183 Å². The summed E-state index contributed by atoms with van der Waals surface area (Å²) < 4.78 is 0. The number of carbonyl (C=O) groups excluding carboxylic acids is 2. The van der Waals surface area contributed by atoms with Crippen LogP contribution in [-0.4, -0.2) is 32.7 Å². The largest absolute Gasteiger partial charge is 0.326 e. The highest BCUT2D eigenvalue weighted by atomic mass is 32.2. The van der Waals surface area contributed by atoms with Crippen molar-refractivity contribution < 1.29 is 9.59 Å². The first-order valence-electron chi connectivity index (χ1n) is 9.73. The zero-order valence-electron chi connectivity index (χ0n) is 17.5. The van der Waals surface area contributed by atoms with Crippen LogP contribution in [0.4, 0.5) is 11.4 Å². The van der Waals surface area contributed by atoms with Gasteiger partial charge in [-0.15, -0.1) is 10.2 Å². The van der Waals surface area contributed by atoms with Gasteiger partial charge in [-0.2, -0.15) is 0 Å². The summed E-state index contributed by atoms with van der Waals surface area (Å²) in [7, 11) is 0. The van der Waals surface area contributed by atoms with Crippen LogP contribution in [0, 0.1) is 6.92 Å². The van der Waals surface area contributed by atoms with Crippen molar-refractivity contribution in [1.82, 2.24) is 15.2 Å². The smallest absolute Gasteiger partial charge is 0.278 e. The minimum atomic E-state index is -0.452. The van der Waals surface area contributed by atoms with Crippen LogP contribution in [0.2, 0.25) is 0 Å². The molecule has 3 N–H and O–H groups in total. The number of anilines is 2. The Morgan fingerprint density at radius 2 is 1.84 bits per heavy atom. The van der Waals surface area contributed by atoms with Crippen LogP contribution in [0.15, 0.2) is 52.4 Å². The first kappa shape index (κ1) is 22.2. The number of aromatic amines is 1. The highest BCUT2D eigenvalue weighted by Gasteiger charge is 2.15. The topological polar surface area (TPSA) is 117 Å². The average Bonchev–Trinajstić information content (AvgIpc) is 2.74. The van der Waals surface area contributed by atoms with Gasteiger partial charge < -0.3 is 10.6 Å². The molecule has 1 aromatic heterocycles. The van der Waals surface area contributed by atoms with Crippen molar-refractivity contribution in [3.63, 3.8) is 0 Å². The maximum atomic E-state index is 12.6. The number of aryl methyl sites for hydroxylation is 2. The zero-order chi connectivity index (χ0) is 22.4. The van der Waals surface area contributed by atoms with Crippen LogP contribution in [0.25, 0.3) is 11.3 Å². The molecule has 2 amide bonds. The van der Waals surface area contributed by atoms with E-state index in [-0.39, 0.29) is 28.4 Å². The summed E-state index contributed by atoms with van der Waals surface area (Å²) in [4.78, 5) is 39.0. The van der Waals surface area contributed by atoms with E-state index in [4.69, 9.17) is 0 Å².